The molecule has 12 nitrogen and oxygen atoms in total. The Labute approximate surface area is 318 Å². The molecule has 14 heteroatoms. The van der Waals surface area contributed by atoms with Crippen LogP contribution in [0.25, 0.3) is 39.3 Å². The first-order chi connectivity index (χ1) is 25.3. The van der Waals surface area contributed by atoms with Crippen molar-refractivity contribution in [2.45, 2.75) is 65.3 Å². The molecule has 6 rings (SSSR count). The van der Waals surface area contributed by atoms with Crippen molar-refractivity contribution in [3.05, 3.63) is 82.4 Å². The Morgan fingerprint density at radius 1 is 0.962 bits per heavy atom. The molecule has 5 heterocycles. The van der Waals surface area contributed by atoms with E-state index in [1.807, 2.05) is 57.3 Å². The molecule has 53 heavy (non-hydrogen) atoms. The number of aromatic nitrogens is 4. The monoisotopic (exact) mass is 760 g/mol. The molecule has 1 N–H and O–H groups in total. The van der Waals surface area contributed by atoms with Crippen molar-refractivity contribution in [3.63, 3.8) is 0 Å². The summed E-state index contributed by atoms with van der Waals surface area (Å²) in [7, 11) is 3.09. The molecular formula is C39H42Cl2N6O6. The smallest absolute Gasteiger partial charge is 0.410 e. The van der Waals surface area contributed by atoms with Crippen LogP contribution in [0.4, 0.5) is 4.79 Å². The molecule has 0 radical (unpaired) electrons. The van der Waals surface area contributed by atoms with E-state index in [0.717, 1.165) is 0 Å². The SMILES string of the molecule is COc1nc(-c2cccc(-c3ccnc(-c4cc(OC)c5nc(CO)cn5c4)c3Cl)c2Cl)ccc1CN(C(=O)OC(C)(C)C)C1CCN(C(C)=O)CC1. The van der Waals surface area contributed by atoms with Crippen molar-refractivity contribution in [1.29, 1.82) is 0 Å². The number of benzene rings is 1. The summed E-state index contributed by atoms with van der Waals surface area (Å²) in [5.74, 6) is 0.867. The Balaban J connectivity index is 1.32. The number of hydrogen-bond donors (Lipinski definition) is 1. The second kappa shape index (κ2) is 15.6. The normalized spacial score (nSPS) is 13.6. The van der Waals surface area contributed by atoms with Crippen LogP contribution in [0.1, 0.15) is 51.8 Å². The van der Waals surface area contributed by atoms with E-state index in [1.54, 1.807) is 52.8 Å². The summed E-state index contributed by atoms with van der Waals surface area (Å²) in [4.78, 5) is 42.9. The summed E-state index contributed by atoms with van der Waals surface area (Å²) in [6.07, 6.45) is 6.04. The maximum atomic E-state index is 13.5. The molecule has 0 unspecified atom stereocenters. The predicted molar refractivity (Wildman–Crippen MR) is 203 cm³/mol. The fraction of sp³-hybridized carbons (Fsp3) is 0.359. The summed E-state index contributed by atoms with van der Waals surface area (Å²) in [5, 5.41) is 10.4. The third-order valence-corrected chi connectivity index (χ3v) is 9.92. The number of nitrogens with zero attached hydrogens (tertiary/aromatic N) is 6. The minimum absolute atomic E-state index is 0.0224. The number of carbonyl (C=O) groups excluding carboxylic acids is 2. The number of ether oxygens (including phenoxy) is 3. The highest BCUT2D eigenvalue weighted by molar-refractivity contribution is 6.39. The standard InChI is InChI=1S/C39H42Cl2N6O6/c1-23(49)45-16-13-27(14-17-45)47(38(50)53-39(2,3)4)20-24-10-11-31(44-37(24)52-6)30-9-7-8-28(33(30)40)29-12-15-42-35(34(29)41)25-18-32(51-5)36-43-26(22-48)21-46(36)19-25/h7-12,15,18-19,21,27,48H,13-14,16-17,20,22H2,1-6H3. The number of piperidine rings is 1. The van der Waals surface area contributed by atoms with Gasteiger partial charge in [0, 0.05) is 72.5 Å². The molecule has 1 aromatic carbocycles. The topological polar surface area (TPSA) is 132 Å². The number of carbonyl (C=O) groups is 2. The fourth-order valence-electron chi connectivity index (χ4n) is 6.52. The molecule has 0 aliphatic carbocycles. The lowest BCUT2D eigenvalue weighted by Crippen LogP contribution is -2.49. The average molecular weight is 762 g/mol. The number of rotatable bonds is 9. The summed E-state index contributed by atoms with van der Waals surface area (Å²) in [6.45, 7) is 8.18. The molecule has 278 valence electrons. The number of aliphatic hydroxyl groups is 1. The zero-order chi connectivity index (χ0) is 38.0. The number of pyridine rings is 3. The quantitative estimate of drug-likeness (QED) is 0.161. The lowest BCUT2D eigenvalue weighted by Gasteiger charge is -2.39. The first-order valence-electron chi connectivity index (χ1n) is 17.2. The van der Waals surface area contributed by atoms with E-state index < -0.39 is 11.7 Å². The molecule has 0 bridgehead atoms. The van der Waals surface area contributed by atoms with Gasteiger partial charge in [0.25, 0.3) is 0 Å². The summed E-state index contributed by atoms with van der Waals surface area (Å²) in [6, 6.07) is 12.8. The van der Waals surface area contributed by atoms with Crippen LogP contribution in [0.2, 0.25) is 10.0 Å². The molecule has 1 saturated heterocycles. The van der Waals surface area contributed by atoms with Crippen LogP contribution in [0.3, 0.4) is 0 Å². The lowest BCUT2D eigenvalue weighted by molar-refractivity contribution is -0.130. The zero-order valence-corrected chi connectivity index (χ0v) is 32.0. The first-order valence-corrected chi connectivity index (χ1v) is 18.0. The Hall–Kier alpha value is -4.91. The highest BCUT2D eigenvalue weighted by Gasteiger charge is 2.33. The number of aliphatic hydroxyl groups excluding tert-OH is 1. The minimum atomic E-state index is -0.688. The first kappa shape index (κ1) is 37.8. The Morgan fingerprint density at radius 2 is 1.68 bits per heavy atom. The Morgan fingerprint density at radius 3 is 2.34 bits per heavy atom. The van der Waals surface area contributed by atoms with E-state index in [-0.39, 0.29) is 25.1 Å². The summed E-state index contributed by atoms with van der Waals surface area (Å²) < 4.78 is 19.0. The second-order valence-corrected chi connectivity index (χ2v) is 14.6. The summed E-state index contributed by atoms with van der Waals surface area (Å²) in [5.41, 5.74) is 4.82. The van der Waals surface area contributed by atoms with Crippen molar-refractivity contribution in [3.8, 4) is 45.3 Å². The van der Waals surface area contributed by atoms with Crippen molar-refractivity contribution >= 4 is 40.8 Å². The van der Waals surface area contributed by atoms with Crippen LogP contribution in [0.15, 0.2) is 61.1 Å². The highest BCUT2D eigenvalue weighted by Crippen LogP contribution is 2.42. The van der Waals surface area contributed by atoms with E-state index in [0.29, 0.717) is 98.2 Å². The van der Waals surface area contributed by atoms with Gasteiger partial charge in [-0.3, -0.25) is 9.78 Å². The molecular weight excluding hydrogens is 719 g/mol. The van der Waals surface area contributed by atoms with Gasteiger partial charge in [0.05, 0.1) is 54.5 Å². The molecule has 2 amide bonds. The van der Waals surface area contributed by atoms with Gasteiger partial charge in [-0.05, 0) is 57.9 Å². The number of fused-ring (bicyclic) bond motifs is 1. The summed E-state index contributed by atoms with van der Waals surface area (Å²) >= 11 is 14.2. The average Bonchev–Trinajstić information content (AvgIpc) is 3.57. The molecule has 4 aromatic heterocycles. The van der Waals surface area contributed by atoms with Crippen molar-refractivity contribution in [1.82, 2.24) is 29.2 Å². The maximum absolute atomic E-state index is 13.5. The van der Waals surface area contributed by atoms with Crippen LogP contribution in [0, 0.1) is 0 Å². The molecule has 1 aliphatic heterocycles. The number of amides is 2. The zero-order valence-electron chi connectivity index (χ0n) is 30.5. The van der Waals surface area contributed by atoms with Crippen LogP contribution in [-0.2, 0) is 22.7 Å². The molecule has 0 atom stereocenters. The lowest BCUT2D eigenvalue weighted by atomic mass is 9.99. The van der Waals surface area contributed by atoms with E-state index >= 15 is 0 Å². The molecule has 1 aliphatic rings. The van der Waals surface area contributed by atoms with Gasteiger partial charge >= 0.3 is 6.09 Å². The van der Waals surface area contributed by atoms with Gasteiger partial charge in [-0.25, -0.2) is 14.8 Å². The third-order valence-electron chi connectivity index (χ3n) is 9.13. The van der Waals surface area contributed by atoms with Gasteiger partial charge < -0.3 is 33.5 Å². The fourth-order valence-corrected chi connectivity index (χ4v) is 7.17. The predicted octanol–water partition coefficient (Wildman–Crippen LogP) is 7.69. The number of methoxy groups -OCH3 is 2. The van der Waals surface area contributed by atoms with E-state index in [1.165, 1.54) is 7.11 Å². The van der Waals surface area contributed by atoms with Crippen molar-refractivity contribution < 1.29 is 28.9 Å². The number of imidazole rings is 1. The number of hydrogen-bond acceptors (Lipinski definition) is 9. The van der Waals surface area contributed by atoms with Gasteiger partial charge in [-0.15, -0.1) is 0 Å². The van der Waals surface area contributed by atoms with Crippen LogP contribution >= 0.6 is 23.2 Å². The van der Waals surface area contributed by atoms with Crippen molar-refractivity contribution in [2.24, 2.45) is 0 Å². The molecule has 5 aromatic rings. The van der Waals surface area contributed by atoms with Crippen molar-refractivity contribution in [2.75, 3.05) is 27.3 Å². The van der Waals surface area contributed by atoms with Gasteiger partial charge in [0.15, 0.2) is 11.4 Å². The van der Waals surface area contributed by atoms with Crippen LogP contribution in [-0.4, -0.2) is 85.2 Å². The second-order valence-electron chi connectivity index (χ2n) is 13.8. The van der Waals surface area contributed by atoms with Gasteiger partial charge in [-0.1, -0.05) is 41.4 Å². The van der Waals surface area contributed by atoms with Gasteiger partial charge in [0.2, 0.25) is 11.8 Å². The third kappa shape index (κ3) is 8.04. The van der Waals surface area contributed by atoms with Gasteiger partial charge in [0.1, 0.15) is 5.60 Å². The number of likely N-dealkylation sites (tertiary alicyclic amines) is 1. The van der Waals surface area contributed by atoms with Crippen LogP contribution in [0.5, 0.6) is 11.6 Å². The largest absolute Gasteiger partial charge is 0.493 e. The van der Waals surface area contributed by atoms with E-state index in [2.05, 4.69) is 9.97 Å². The van der Waals surface area contributed by atoms with E-state index in [9.17, 15) is 14.7 Å². The Bertz CT molecular complexity index is 2160. The molecule has 0 spiro atoms. The highest BCUT2D eigenvalue weighted by atomic mass is 35.5. The number of halogens is 2. The Kier molecular flexibility index (Phi) is 11.1. The minimum Gasteiger partial charge on any atom is -0.493 e. The molecule has 0 saturated carbocycles. The van der Waals surface area contributed by atoms with Gasteiger partial charge in [-0.2, -0.15) is 0 Å². The van der Waals surface area contributed by atoms with Crippen LogP contribution < -0.4 is 9.47 Å². The molecule has 1 fully saturated rings. The maximum Gasteiger partial charge on any atom is 0.410 e. The van der Waals surface area contributed by atoms with E-state index in [4.69, 9.17) is 42.4 Å².